The van der Waals surface area contributed by atoms with Gasteiger partial charge in [-0.25, -0.2) is 9.97 Å². The zero-order valence-corrected chi connectivity index (χ0v) is 38.4. The summed E-state index contributed by atoms with van der Waals surface area (Å²) in [6.07, 6.45) is 16.5. The molecule has 17 heteroatoms. The molecule has 0 amide bonds. The topological polar surface area (TPSA) is 135 Å². The van der Waals surface area contributed by atoms with Crippen LogP contribution in [0.5, 0.6) is 23.0 Å². The first-order valence-corrected chi connectivity index (χ1v) is 23.5. The van der Waals surface area contributed by atoms with E-state index in [1.54, 1.807) is 28.9 Å². The first-order chi connectivity index (χ1) is 33.4. The molecule has 0 atom stereocenters. The standard InChI is InChI=1S/C28H31F2N3O4.C24H22F2N2O4/c1-35-23-13-19(14-24(37-27(29)30)26(23)22(34)12-18-2-3-18)21-16-31-25-15-20(4-7-33(21)25)28(5-6-28)17-32-8-10-36-11-9-32;1-31-19-9-15(10-20(32-23(25)26)22(19)18(30)8-14-2-3-14)17-12-27-21-11-16(4-7-28(17)21)24(13-29)5-6-24/h4,7,13-16,18,27H,2-3,5-6,8-12,17H2,1H3;4,7,9-14,23H,2-3,5-6,8H2,1H3. The molecule has 4 aromatic heterocycles. The number of methoxy groups -OCH3 is 2. The molecule has 4 aliphatic carbocycles. The predicted molar refractivity (Wildman–Crippen MR) is 246 cm³/mol. The molecule has 2 aromatic carbocycles. The molecule has 362 valence electrons. The van der Waals surface area contributed by atoms with Crippen molar-refractivity contribution in [2.45, 2.75) is 88.3 Å². The van der Waals surface area contributed by atoms with Crippen LogP contribution >= 0.6 is 0 Å². The number of aromatic nitrogens is 4. The zero-order valence-electron chi connectivity index (χ0n) is 38.4. The van der Waals surface area contributed by atoms with Crippen molar-refractivity contribution in [1.29, 1.82) is 0 Å². The zero-order chi connectivity index (χ0) is 48.0. The Kier molecular flexibility index (Phi) is 12.7. The maximum absolute atomic E-state index is 13.3. The number of carbonyl (C=O) groups is 3. The number of aldehydes is 1. The van der Waals surface area contributed by atoms with Crippen LogP contribution in [0.15, 0.2) is 73.3 Å². The number of halogens is 4. The molecule has 1 aliphatic heterocycles. The summed E-state index contributed by atoms with van der Waals surface area (Å²) in [5.74, 6) is 0.148. The van der Waals surface area contributed by atoms with Gasteiger partial charge in [-0.2, -0.15) is 17.6 Å². The Balaban J connectivity index is 0.000000162. The summed E-state index contributed by atoms with van der Waals surface area (Å²) in [6, 6.07) is 14.3. The van der Waals surface area contributed by atoms with Gasteiger partial charge < -0.3 is 28.5 Å². The van der Waals surface area contributed by atoms with Crippen molar-refractivity contribution >= 4 is 29.1 Å². The number of hydrogen-bond donors (Lipinski definition) is 0. The minimum atomic E-state index is -3.08. The second-order valence-corrected chi connectivity index (χ2v) is 19.0. The van der Waals surface area contributed by atoms with Gasteiger partial charge >= 0.3 is 13.2 Å². The molecule has 13 nitrogen and oxygen atoms in total. The highest BCUT2D eigenvalue weighted by atomic mass is 19.3. The number of nitrogens with zero attached hydrogens (tertiary/aromatic N) is 5. The van der Waals surface area contributed by atoms with Gasteiger partial charge in [0.1, 0.15) is 51.7 Å². The van der Waals surface area contributed by atoms with Gasteiger partial charge in [-0.1, -0.05) is 0 Å². The normalized spacial score (nSPS) is 18.2. The summed E-state index contributed by atoms with van der Waals surface area (Å²) in [5.41, 5.74) is 5.90. The Labute approximate surface area is 395 Å². The SMILES string of the molecule is COc1cc(-c2cnc3cc(C4(C=O)CC4)ccn23)cc(OC(F)F)c1C(=O)CC1CC1.COc1cc(-c2cnc3cc(C4(CN5CCOCC5)CC4)ccn23)cc(OC(F)F)c1C(=O)CC1CC1. The van der Waals surface area contributed by atoms with Crippen LogP contribution in [-0.2, 0) is 20.4 Å². The van der Waals surface area contributed by atoms with Crippen LogP contribution in [0.1, 0.15) is 96.1 Å². The number of ether oxygens (including phenoxy) is 5. The largest absolute Gasteiger partial charge is 0.496 e. The number of carbonyl (C=O) groups excluding carboxylic acids is 3. The Bertz CT molecular complexity index is 2910. The van der Waals surface area contributed by atoms with E-state index in [1.807, 2.05) is 28.9 Å². The maximum atomic E-state index is 13.3. The third-order valence-corrected chi connectivity index (χ3v) is 14.2. The lowest BCUT2D eigenvalue weighted by molar-refractivity contribution is -0.109. The van der Waals surface area contributed by atoms with Gasteiger partial charge in [0.2, 0.25) is 0 Å². The highest BCUT2D eigenvalue weighted by Crippen LogP contribution is 2.50. The van der Waals surface area contributed by atoms with Crippen LogP contribution in [0.4, 0.5) is 17.6 Å². The Morgan fingerprint density at radius 3 is 1.58 bits per heavy atom. The van der Waals surface area contributed by atoms with E-state index in [9.17, 15) is 31.9 Å². The average Bonchev–Trinajstić information content (AvgIpc) is 4.15. The van der Waals surface area contributed by atoms with Gasteiger partial charge in [0.25, 0.3) is 0 Å². The maximum Gasteiger partial charge on any atom is 0.387 e. The molecular formula is C52H53F4N5O8. The minimum Gasteiger partial charge on any atom is -0.496 e. The van der Waals surface area contributed by atoms with E-state index in [1.165, 1.54) is 31.9 Å². The molecule has 4 saturated carbocycles. The van der Waals surface area contributed by atoms with Crippen molar-refractivity contribution in [2.75, 3.05) is 47.1 Å². The van der Waals surface area contributed by atoms with Gasteiger partial charge in [0.05, 0.1) is 56.6 Å². The number of ketones is 2. The average molecular weight is 952 g/mol. The second kappa shape index (κ2) is 18.9. The van der Waals surface area contributed by atoms with Crippen molar-refractivity contribution in [3.05, 3.63) is 95.6 Å². The van der Waals surface area contributed by atoms with Gasteiger partial charge in [-0.3, -0.25) is 23.3 Å². The molecule has 1 saturated heterocycles. The summed E-state index contributed by atoms with van der Waals surface area (Å²) in [7, 11) is 2.83. The second-order valence-electron chi connectivity index (χ2n) is 19.0. The molecule has 0 N–H and O–H groups in total. The molecule has 5 aliphatic rings. The predicted octanol–water partition coefficient (Wildman–Crippen LogP) is 9.78. The number of benzene rings is 2. The van der Waals surface area contributed by atoms with E-state index in [0.717, 1.165) is 102 Å². The van der Waals surface area contributed by atoms with Crippen molar-refractivity contribution in [3.8, 4) is 45.5 Å². The van der Waals surface area contributed by atoms with Crippen LogP contribution in [0.2, 0.25) is 0 Å². The molecule has 0 unspecified atom stereocenters. The molecule has 5 fully saturated rings. The highest BCUT2D eigenvalue weighted by Gasteiger charge is 2.46. The molecule has 0 bridgehead atoms. The van der Waals surface area contributed by atoms with E-state index in [2.05, 4.69) is 27.0 Å². The Morgan fingerprint density at radius 2 is 1.16 bits per heavy atom. The number of rotatable bonds is 19. The summed E-state index contributed by atoms with van der Waals surface area (Å²) >= 11 is 0. The van der Waals surface area contributed by atoms with Crippen LogP contribution in [0.3, 0.4) is 0 Å². The number of imidazole rings is 2. The quantitative estimate of drug-likeness (QED) is 0.0436. The molecule has 0 radical (unpaired) electrons. The minimum absolute atomic E-state index is 0.0428. The van der Waals surface area contributed by atoms with E-state index >= 15 is 0 Å². The molecule has 0 spiro atoms. The van der Waals surface area contributed by atoms with Crippen molar-refractivity contribution < 1.29 is 55.6 Å². The van der Waals surface area contributed by atoms with E-state index in [0.29, 0.717) is 46.4 Å². The van der Waals surface area contributed by atoms with E-state index < -0.39 is 18.6 Å². The third-order valence-electron chi connectivity index (χ3n) is 14.2. The van der Waals surface area contributed by atoms with Gasteiger partial charge in [-0.05, 0) is 123 Å². The fourth-order valence-electron chi connectivity index (χ4n) is 9.61. The fourth-order valence-corrected chi connectivity index (χ4v) is 9.61. The summed E-state index contributed by atoms with van der Waals surface area (Å²) in [5, 5.41) is 0. The van der Waals surface area contributed by atoms with Crippen molar-refractivity contribution in [3.63, 3.8) is 0 Å². The number of Topliss-reactive ketones (excluding diaryl/α,β-unsaturated/α-hetero) is 2. The van der Waals surface area contributed by atoms with Crippen molar-refractivity contribution in [2.24, 2.45) is 11.8 Å². The monoisotopic (exact) mass is 951 g/mol. The number of pyridine rings is 2. The molecule has 5 heterocycles. The van der Waals surface area contributed by atoms with Crippen LogP contribution in [0.25, 0.3) is 33.8 Å². The molecule has 11 rings (SSSR count). The highest BCUT2D eigenvalue weighted by molar-refractivity contribution is 6.03. The molecule has 69 heavy (non-hydrogen) atoms. The number of alkyl halides is 4. The molecular weight excluding hydrogens is 899 g/mol. The smallest absolute Gasteiger partial charge is 0.387 e. The van der Waals surface area contributed by atoms with Crippen LogP contribution in [0, 0.1) is 11.8 Å². The Hall–Kier alpha value is -6.33. The third kappa shape index (κ3) is 9.80. The van der Waals surface area contributed by atoms with E-state index in [-0.39, 0.29) is 57.5 Å². The van der Waals surface area contributed by atoms with Crippen LogP contribution < -0.4 is 18.9 Å². The van der Waals surface area contributed by atoms with Gasteiger partial charge in [0.15, 0.2) is 11.6 Å². The summed E-state index contributed by atoms with van der Waals surface area (Å²) in [4.78, 5) is 48.7. The molecule has 6 aromatic rings. The lowest BCUT2D eigenvalue weighted by atomic mass is 9.96. The number of fused-ring (bicyclic) bond motifs is 2. The van der Waals surface area contributed by atoms with Crippen molar-refractivity contribution in [1.82, 2.24) is 23.7 Å². The Morgan fingerprint density at radius 1 is 0.696 bits per heavy atom. The number of hydrogen-bond acceptors (Lipinski definition) is 11. The lowest BCUT2D eigenvalue weighted by Gasteiger charge is -2.30. The van der Waals surface area contributed by atoms with E-state index in [4.69, 9.17) is 23.7 Å². The van der Waals surface area contributed by atoms with Gasteiger partial charge in [-0.15, -0.1) is 0 Å². The lowest BCUT2D eigenvalue weighted by Crippen LogP contribution is -2.41. The van der Waals surface area contributed by atoms with Crippen LogP contribution in [-0.4, -0.2) is 102 Å². The fraction of sp³-hybridized carbons (Fsp3) is 0.442. The first-order valence-electron chi connectivity index (χ1n) is 23.5. The summed E-state index contributed by atoms with van der Waals surface area (Å²) < 4.78 is 82.7. The van der Waals surface area contributed by atoms with Gasteiger partial charge in [0, 0.05) is 61.4 Å². The summed E-state index contributed by atoms with van der Waals surface area (Å²) in [6.45, 7) is -1.64. The first kappa shape index (κ1) is 46.4. The number of morpholine rings is 1.